The third-order valence-corrected chi connectivity index (χ3v) is 11.6. The lowest BCUT2D eigenvalue weighted by atomic mass is 9.46. The average Bonchev–Trinajstić information content (AvgIpc) is 3.22. The van der Waals surface area contributed by atoms with Crippen molar-refractivity contribution in [2.45, 2.75) is 111 Å². The number of rotatable bonds is 7. The summed E-state index contributed by atoms with van der Waals surface area (Å²) in [5.74, 6) is 3.70. The van der Waals surface area contributed by atoms with E-state index in [1.54, 1.807) is 0 Å². The van der Waals surface area contributed by atoms with Crippen LogP contribution in [0.1, 0.15) is 109 Å². The van der Waals surface area contributed by atoms with E-state index in [0.29, 0.717) is 28.7 Å². The molecule has 5 unspecified atom stereocenters. The van der Waals surface area contributed by atoms with E-state index in [0.717, 1.165) is 37.0 Å². The quantitative estimate of drug-likeness (QED) is 0.299. The van der Waals surface area contributed by atoms with Gasteiger partial charge in [0.05, 0.1) is 11.7 Å². The highest BCUT2D eigenvalue weighted by Gasteiger charge is 2.61. The zero-order chi connectivity index (χ0) is 26.4. The Kier molecular flexibility index (Phi) is 7.66. The van der Waals surface area contributed by atoms with Gasteiger partial charge in [-0.15, -0.1) is 0 Å². The molecular formula is C34H50O3. The SMILES string of the molecule is CC(C)CCC[C@@H](C)[C@H]1CCC2C3C(O)C=C4CC(OC(=O)c5ccccc5)CC[C@]4(C)C3CC[C@@]21C. The first-order valence-electron chi connectivity index (χ1n) is 15.3. The van der Waals surface area contributed by atoms with Crippen molar-refractivity contribution in [2.75, 3.05) is 0 Å². The minimum atomic E-state index is -0.365. The Hall–Kier alpha value is -1.61. The molecule has 37 heavy (non-hydrogen) atoms. The minimum absolute atomic E-state index is 0.0906. The molecule has 0 radical (unpaired) electrons. The van der Waals surface area contributed by atoms with Crippen molar-refractivity contribution in [1.82, 2.24) is 0 Å². The van der Waals surface area contributed by atoms with Crippen LogP contribution in [0.3, 0.4) is 0 Å². The summed E-state index contributed by atoms with van der Waals surface area (Å²) in [5, 5.41) is 11.6. The van der Waals surface area contributed by atoms with Crippen LogP contribution in [0.25, 0.3) is 0 Å². The number of aliphatic hydroxyl groups is 1. The summed E-state index contributed by atoms with van der Waals surface area (Å²) in [4.78, 5) is 12.7. The summed E-state index contributed by atoms with van der Waals surface area (Å²) < 4.78 is 5.95. The van der Waals surface area contributed by atoms with Gasteiger partial charge in [0.15, 0.2) is 0 Å². The molecular weight excluding hydrogens is 456 g/mol. The van der Waals surface area contributed by atoms with E-state index < -0.39 is 0 Å². The molecule has 5 rings (SSSR count). The van der Waals surface area contributed by atoms with Gasteiger partial charge in [0, 0.05) is 6.42 Å². The maximum atomic E-state index is 12.7. The molecule has 1 aromatic carbocycles. The highest BCUT2D eigenvalue weighted by molar-refractivity contribution is 5.89. The Morgan fingerprint density at radius 2 is 1.76 bits per heavy atom. The molecule has 204 valence electrons. The Morgan fingerprint density at radius 3 is 2.49 bits per heavy atom. The predicted molar refractivity (Wildman–Crippen MR) is 150 cm³/mol. The van der Waals surface area contributed by atoms with Crippen LogP contribution < -0.4 is 0 Å². The minimum Gasteiger partial charge on any atom is -0.458 e. The van der Waals surface area contributed by atoms with Crippen LogP contribution >= 0.6 is 0 Å². The van der Waals surface area contributed by atoms with Gasteiger partial charge in [-0.25, -0.2) is 4.79 Å². The van der Waals surface area contributed by atoms with Crippen molar-refractivity contribution in [3.05, 3.63) is 47.5 Å². The molecule has 0 bridgehead atoms. The lowest BCUT2D eigenvalue weighted by Gasteiger charge is -2.59. The highest BCUT2D eigenvalue weighted by atomic mass is 16.5. The van der Waals surface area contributed by atoms with Crippen LogP contribution in [-0.2, 0) is 4.74 Å². The average molecular weight is 507 g/mol. The molecule has 3 heteroatoms. The van der Waals surface area contributed by atoms with Gasteiger partial charge in [-0.2, -0.15) is 0 Å². The number of hydrogen-bond donors (Lipinski definition) is 1. The fraction of sp³-hybridized carbons (Fsp3) is 0.735. The molecule has 1 aromatic rings. The Morgan fingerprint density at radius 1 is 1.00 bits per heavy atom. The largest absolute Gasteiger partial charge is 0.458 e. The zero-order valence-electron chi connectivity index (χ0n) is 23.9. The molecule has 0 aliphatic heterocycles. The number of esters is 1. The Bertz CT molecular complexity index is 982. The first-order valence-corrected chi connectivity index (χ1v) is 15.3. The van der Waals surface area contributed by atoms with E-state index >= 15 is 0 Å². The van der Waals surface area contributed by atoms with Gasteiger partial charge in [0.2, 0.25) is 0 Å². The van der Waals surface area contributed by atoms with Gasteiger partial charge in [-0.05, 0) is 97.0 Å². The molecule has 9 atom stereocenters. The van der Waals surface area contributed by atoms with Crippen LogP contribution in [0.15, 0.2) is 42.0 Å². The molecule has 3 saturated carbocycles. The van der Waals surface area contributed by atoms with Crippen molar-refractivity contribution >= 4 is 5.97 Å². The number of carbonyl (C=O) groups excluding carboxylic acids is 1. The molecule has 4 aliphatic rings. The smallest absolute Gasteiger partial charge is 0.338 e. The molecule has 1 N–H and O–H groups in total. The van der Waals surface area contributed by atoms with E-state index in [9.17, 15) is 9.90 Å². The predicted octanol–water partition coefficient (Wildman–Crippen LogP) is 8.22. The number of hydrogen-bond acceptors (Lipinski definition) is 3. The summed E-state index contributed by atoms with van der Waals surface area (Å²) in [5.41, 5.74) is 2.46. The second-order valence-corrected chi connectivity index (χ2v) is 14.1. The van der Waals surface area contributed by atoms with Crippen molar-refractivity contribution in [1.29, 1.82) is 0 Å². The van der Waals surface area contributed by atoms with Crippen LogP contribution in [0.5, 0.6) is 0 Å². The molecule has 3 nitrogen and oxygen atoms in total. The number of carbonyl (C=O) groups is 1. The van der Waals surface area contributed by atoms with Crippen molar-refractivity contribution in [2.24, 2.45) is 46.3 Å². The molecule has 0 saturated heterocycles. The maximum Gasteiger partial charge on any atom is 0.338 e. The molecule has 0 heterocycles. The third-order valence-electron chi connectivity index (χ3n) is 11.6. The fourth-order valence-corrected chi connectivity index (χ4v) is 9.53. The van der Waals surface area contributed by atoms with Crippen LogP contribution in [0.4, 0.5) is 0 Å². The first-order chi connectivity index (χ1) is 17.6. The number of benzene rings is 1. The van der Waals surface area contributed by atoms with Crippen molar-refractivity contribution in [3.63, 3.8) is 0 Å². The summed E-state index contributed by atoms with van der Waals surface area (Å²) in [6.45, 7) is 12.2. The lowest BCUT2D eigenvalue weighted by molar-refractivity contribution is -0.0978. The molecule has 3 fully saturated rings. The van der Waals surface area contributed by atoms with Gasteiger partial charge in [0.1, 0.15) is 6.10 Å². The summed E-state index contributed by atoms with van der Waals surface area (Å²) in [6, 6.07) is 9.32. The second-order valence-electron chi connectivity index (χ2n) is 14.1. The molecule has 0 amide bonds. The van der Waals surface area contributed by atoms with Crippen molar-refractivity contribution in [3.8, 4) is 0 Å². The van der Waals surface area contributed by atoms with Crippen LogP contribution in [-0.4, -0.2) is 23.3 Å². The first kappa shape index (κ1) is 27.0. The standard InChI is InChI=1S/C34H50O3/c1-22(2)10-9-11-23(3)27-14-15-28-31-29(17-19-34(27,28)5)33(4)18-16-26(20-25(33)21-30(31)35)37-32(36)24-12-7-6-8-13-24/h6-8,12-13,21-23,26-31,35H,9-11,14-20H2,1-5H3/t23-,26?,27-,28?,29?,30?,31?,33+,34-/m1/s1. The Labute approximate surface area is 225 Å². The van der Waals surface area contributed by atoms with Gasteiger partial charge >= 0.3 is 5.97 Å². The lowest BCUT2D eigenvalue weighted by Crippen LogP contribution is -2.55. The Balaban J connectivity index is 1.29. The summed E-state index contributed by atoms with van der Waals surface area (Å²) in [6.07, 6.45) is 13.7. The van der Waals surface area contributed by atoms with Crippen LogP contribution in [0, 0.1) is 46.3 Å². The normalized spacial score (nSPS) is 39.8. The van der Waals surface area contributed by atoms with Gasteiger partial charge < -0.3 is 9.84 Å². The third kappa shape index (κ3) is 4.95. The second kappa shape index (κ2) is 10.5. The van der Waals surface area contributed by atoms with Gasteiger partial charge in [0.25, 0.3) is 0 Å². The van der Waals surface area contributed by atoms with E-state index in [4.69, 9.17) is 4.74 Å². The zero-order valence-corrected chi connectivity index (χ0v) is 23.9. The molecule has 0 spiro atoms. The monoisotopic (exact) mass is 506 g/mol. The van der Waals surface area contributed by atoms with Gasteiger partial charge in [-0.3, -0.25) is 0 Å². The summed E-state index contributed by atoms with van der Waals surface area (Å²) in [7, 11) is 0. The number of fused-ring (bicyclic) bond motifs is 5. The van der Waals surface area contributed by atoms with Crippen molar-refractivity contribution < 1.29 is 14.6 Å². The number of ether oxygens (including phenoxy) is 1. The van der Waals surface area contributed by atoms with Crippen LogP contribution in [0.2, 0.25) is 0 Å². The van der Waals surface area contributed by atoms with E-state index in [-0.39, 0.29) is 23.6 Å². The van der Waals surface area contributed by atoms with E-state index in [2.05, 4.69) is 40.7 Å². The molecule has 4 aliphatic carbocycles. The maximum absolute atomic E-state index is 12.7. The highest BCUT2D eigenvalue weighted by Crippen LogP contribution is 2.67. The fourth-order valence-electron chi connectivity index (χ4n) is 9.53. The van der Waals surface area contributed by atoms with Gasteiger partial charge in [-0.1, -0.05) is 83.7 Å². The summed E-state index contributed by atoms with van der Waals surface area (Å²) >= 11 is 0. The van der Waals surface area contributed by atoms with E-state index in [1.807, 2.05) is 30.3 Å². The topological polar surface area (TPSA) is 46.5 Å². The molecule has 0 aromatic heterocycles. The number of aliphatic hydroxyl groups excluding tert-OH is 1. The van der Waals surface area contributed by atoms with E-state index in [1.165, 1.54) is 50.5 Å².